The van der Waals surface area contributed by atoms with Crippen LogP contribution in [0.1, 0.15) is 18.6 Å². The van der Waals surface area contributed by atoms with E-state index in [1.807, 2.05) is 55.5 Å². The standard InChI is InChI=1S/C17H20O4/c1-2-20-15-10-6-7-11-16(15)21-17(14(19)12-18)13-8-4-3-5-9-13/h3-11,14,17-19H,2,12H2,1H3/t14-,17+/m0/s1. The van der Waals surface area contributed by atoms with Crippen LogP contribution in [0, 0.1) is 0 Å². The number of benzene rings is 2. The van der Waals surface area contributed by atoms with Crippen LogP contribution in [0.2, 0.25) is 0 Å². The molecule has 2 aromatic carbocycles. The highest BCUT2D eigenvalue weighted by Crippen LogP contribution is 2.32. The molecule has 2 atom stereocenters. The predicted molar refractivity (Wildman–Crippen MR) is 80.5 cm³/mol. The van der Waals surface area contributed by atoms with Crippen molar-refractivity contribution in [2.45, 2.75) is 19.1 Å². The van der Waals surface area contributed by atoms with E-state index >= 15 is 0 Å². The van der Waals surface area contributed by atoms with Gasteiger partial charge in [0.2, 0.25) is 0 Å². The first kappa shape index (κ1) is 15.4. The maximum atomic E-state index is 10.0. The molecule has 0 heterocycles. The van der Waals surface area contributed by atoms with Crippen molar-refractivity contribution in [3.05, 3.63) is 60.2 Å². The van der Waals surface area contributed by atoms with Crippen LogP contribution >= 0.6 is 0 Å². The van der Waals surface area contributed by atoms with Crippen LogP contribution in [0.5, 0.6) is 11.5 Å². The van der Waals surface area contributed by atoms with E-state index in [-0.39, 0.29) is 6.61 Å². The number of para-hydroxylation sites is 2. The van der Waals surface area contributed by atoms with Crippen molar-refractivity contribution >= 4 is 0 Å². The molecule has 0 amide bonds. The first-order valence-electron chi connectivity index (χ1n) is 6.98. The lowest BCUT2D eigenvalue weighted by molar-refractivity contribution is -0.00305. The third-order valence-corrected chi connectivity index (χ3v) is 3.07. The normalized spacial score (nSPS) is 13.5. The minimum absolute atomic E-state index is 0.379. The van der Waals surface area contributed by atoms with Gasteiger partial charge in [0.15, 0.2) is 17.6 Å². The number of aliphatic hydroxyl groups is 2. The predicted octanol–water partition coefficient (Wildman–Crippen LogP) is 2.56. The lowest BCUT2D eigenvalue weighted by atomic mass is 10.0. The summed E-state index contributed by atoms with van der Waals surface area (Å²) in [6.45, 7) is 2.04. The van der Waals surface area contributed by atoms with Gasteiger partial charge >= 0.3 is 0 Å². The van der Waals surface area contributed by atoms with Crippen LogP contribution in [0.4, 0.5) is 0 Å². The van der Waals surface area contributed by atoms with Gasteiger partial charge < -0.3 is 19.7 Å². The smallest absolute Gasteiger partial charge is 0.162 e. The second-order valence-electron chi connectivity index (χ2n) is 4.58. The molecule has 0 aliphatic heterocycles. The molecule has 2 rings (SSSR count). The molecule has 0 saturated carbocycles. The zero-order chi connectivity index (χ0) is 15.1. The summed E-state index contributed by atoms with van der Waals surface area (Å²) in [5.74, 6) is 1.16. The zero-order valence-corrected chi connectivity index (χ0v) is 12.0. The summed E-state index contributed by atoms with van der Waals surface area (Å²) >= 11 is 0. The Labute approximate surface area is 124 Å². The third-order valence-electron chi connectivity index (χ3n) is 3.07. The van der Waals surface area contributed by atoms with E-state index in [1.54, 1.807) is 6.07 Å². The van der Waals surface area contributed by atoms with Crippen molar-refractivity contribution in [1.29, 1.82) is 0 Å². The highest BCUT2D eigenvalue weighted by Gasteiger charge is 2.23. The SMILES string of the molecule is CCOc1ccccc1O[C@H](c1ccccc1)[C@@H](O)CO. The van der Waals surface area contributed by atoms with E-state index in [9.17, 15) is 10.2 Å². The zero-order valence-electron chi connectivity index (χ0n) is 12.0. The van der Waals surface area contributed by atoms with Crippen molar-refractivity contribution in [2.24, 2.45) is 0 Å². The molecule has 4 nitrogen and oxygen atoms in total. The summed E-state index contributed by atoms with van der Waals surface area (Å²) < 4.78 is 11.4. The van der Waals surface area contributed by atoms with Gasteiger partial charge in [-0.15, -0.1) is 0 Å². The number of aliphatic hydroxyl groups excluding tert-OH is 2. The fourth-order valence-electron chi connectivity index (χ4n) is 2.07. The molecule has 21 heavy (non-hydrogen) atoms. The van der Waals surface area contributed by atoms with E-state index < -0.39 is 12.2 Å². The maximum absolute atomic E-state index is 10.0. The molecule has 0 fully saturated rings. The molecule has 2 aromatic rings. The molecule has 0 unspecified atom stereocenters. The lowest BCUT2D eigenvalue weighted by Gasteiger charge is -2.24. The minimum atomic E-state index is -1.01. The van der Waals surface area contributed by atoms with Crippen LogP contribution in [0.3, 0.4) is 0 Å². The van der Waals surface area contributed by atoms with E-state index in [0.717, 1.165) is 5.56 Å². The van der Waals surface area contributed by atoms with E-state index in [2.05, 4.69) is 0 Å². The van der Waals surface area contributed by atoms with Gasteiger partial charge in [0.1, 0.15) is 6.10 Å². The summed E-state index contributed by atoms with van der Waals surface area (Å²) in [7, 11) is 0. The molecular formula is C17H20O4. The van der Waals surface area contributed by atoms with Gasteiger partial charge in [-0.1, -0.05) is 42.5 Å². The van der Waals surface area contributed by atoms with Crippen LogP contribution in [0.25, 0.3) is 0 Å². The van der Waals surface area contributed by atoms with E-state index in [1.165, 1.54) is 0 Å². The average Bonchev–Trinajstić information content (AvgIpc) is 2.54. The van der Waals surface area contributed by atoms with Crippen LogP contribution < -0.4 is 9.47 Å². The van der Waals surface area contributed by atoms with E-state index in [0.29, 0.717) is 18.1 Å². The Morgan fingerprint density at radius 1 is 0.952 bits per heavy atom. The van der Waals surface area contributed by atoms with Crippen molar-refractivity contribution in [1.82, 2.24) is 0 Å². The Morgan fingerprint density at radius 3 is 2.19 bits per heavy atom. The minimum Gasteiger partial charge on any atom is -0.490 e. The molecule has 0 spiro atoms. The molecule has 2 N–H and O–H groups in total. The van der Waals surface area contributed by atoms with Crippen LogP contribution in [-0.2, 0) is 0 Å². The Kier molecular flexibility index (Phi) is 5.60. The maximum Gasteiger partial charge on any atom is 0.162 e. The van der Waals surface area contributed by atoms with E-state index in [4.69, 9.17) is 9.47 Å². The summed E-state index contributed by atoms with van der Waals surface area (Å²) in [5, 5.41) is 19.3. The van der Waals surface area contributed by atoms with Gasteiger partial charge in [0.25, 0.3) is 0 Å². The second-order valence-corrected chi connectivity index (χ2v) is 4.58. The highest BCUT2D eigenvalue weighted by molar-refractivity contribution is 5.40. The fourth-order valence-corrected chi connectivity index (χ4v) is 2.07. The molecule has 0 bridgehead atoms. The van der Waals surface area contributed by atoms with Crippen molar-refractivity contribution in [3.63, 3.8) is 0 Å². The summed E-state index contributed by atoms with van der Waals surface area (Å²) in [6.07, 6.45) is -1.67. The Balaban J connectivity index is 2.27. The summed E-state index contributed by atoms with van der Waals surface area (Å²) in [4.78, 5) is 0. The van der Waals surface area contributed by atoms with Gasteiger partial charge in [-0.05, 0) is 24.6 Å². The first-order chi connectivity index (χ1) is 10.3. The van der Waals surface area contributed by atoms with Gasteiger partial charge in [-0.25, -0.2) is 0 Å². The molecule has 0 aliphatic rings. The highest BCUT2D eigenvalue weighted by atomic mass is 16.5. The quantitative estimate of drug-likeness (QED) is 0.822. The average molecular weight is 288 g/mol. The number of ether oxygens (including phenoxy) is 2. The molecule has 0 aliphatic carbocycles. The molecule has 0 aromatic heterocycles. The second kappa shape index (κ2) is 7.67. The van der Waals surface area contributed by atoms with Crippen molar-refractivity contribution in [3.8, 4) is 11.5 Å². The molecule has 0 radical (unpaired) electrons. The number of rotatable bonds is 7. The van der Waals surface area contributed by atoms with Crippen molar-refractivity contribution in [2.75, 3.05) is 13.2 Å². The summed E-state index contributed by atoms with van der Waals surface area (Å²) in [5.41, 5.74) is 0.797. The largest absolute Gasteiger partial charge is 0.490 e. The van der Waals surface area contributed by atoms with Gasteiger partial charge in [0.05, 0.1) is 13.2 Å². The van der Waals surface area contributed by atoms with Crippen molar-refractivity contribution < 1.29 is 19.7 Å². The topological polar surface area (TPSA) is 58.9 Å². The fraction of sp³-hybridized carbons (Fsp3) is 0.294. The van der Waals surface area contributed by atoms with Gasteiger partial charge in [0, 0.05) is 0 Å². The van der Waals surface area contributed by atoms with Gasteiger partial charge in [-0.3, -0.25) is 0 Å². The molecule has 4 heteroatoms. The van der Waals surface area contributed by atoms with Gasteiger partial charge in [-0.2, -0.15) is 0 Å². The van der Waals surface area contributed by atoms with Crippen LogP contribution in [0.15, 0.2) is 54.6 Å². The molecule has 0 saturated heterocycles. The Bertz CT molecular complexity index is 541. The molecule has 112 valence electrons. The monoisotopic (exact) mass is 288 g/mol. The molecular weight excluding hydrogens is 268 g/mol. The summed E-state index contributed by atoms with van der Waals surface area (Å²) in [6, 6.07) is 16.6. The first-order valence-corrected chi connectivity index (χ1v) is 6.98. The number of hydrogen-bond donors (Lipinski definition) is 2. The lowest BCUT2D eigenvalue weighted by Crippen LogP contribution is -2.27. The number of hydrogen-bond acceptors (Lipinski definition) is 4. The van der Waals surface area contributed by atoms with Crippen LogP contribution in [-0.4, -0.2) is 29.5 Å². The Morgan fingerprint density at radius 2 is 1.57 bits per heavy atom. The third kappa shape index (κ3) is 3.97. The Hall–Kier alpha value is -2.04.